The summed E-state index contributed by atoms with van der Waals surface area (Å²) < 4.78 is 0. The average molecular weight is 261 g/mol. The highest BCUT2D eigenvalue weighted by atomic mass is 35.5. The predicted octanol–water partition coefficient (Wildman–Crippen LogP) is 1.33. The molecule has 5 heteroatoms. The lowest BCUT2D eigenvalue weighted by molar-refractivity contribution is -0.131. The van der Waals surface area contributed by atoms with Crippen molar-refractivity contribution < 1.29 is 9.59 Å². The molecule has 1 aliphatic rings. The van der Waals surface area contributed by atoms with Crippen LogP contribution in [-0.2, 0) is 9.59 Å². The lowest BCUT2D eigenvalue weighted by atomic mass is 9.97. The number of likely N-dealkylation sites (tertiary alicyclic amines) is 1. The Morgan fingerprint density at radius 1 is 1.47 bits per heavy atom. The third-order valence-electron chi connectivity index (χ3n) is 3.29. The summed E-state index contributed by atoms with van der Waals surface area (Å²) in [5.41, 5.74) is 0. The molecule has 0 N–H and O–H groups in total. The molecule has 17 heavy (non-hydrogen) atoms. The Hall–Kier alpha value is -0.770. The molecule has 1 saturated heterocycles. The molecule has 0 bridgehead atoms. The topological polar surface area (TPSA) is 40.6 Å². The number of hydrogen-bond acceptors (Lipinski definition) is 2. The van der Waals surface area contributed by atoms with Crippen molar-refractivity contribution in [2.45, 2.75) is 26.7 Å². The summed E-state index contributed by atoms with van der Waals surface area (Å²) >= 11 is 5.56. The summed E-state index contributed by atoms with van der Waals surface area (Å²) in [5, 5.41) is 0. The number of carbonyl (C=O) groups excluding carboxylic acids is 2. The van der Waals surface area contributed by atoms with Crippen LogP contribution in [0.4, 0.5) is 0 Å². The van der Waals surface area contributed by atoms with Gasteiger partial charge in [0.1, 0.15) is 5.88 Å². The monoisotopic (exact) mass is 260 g/mol. The Kier molecular flexibility index (Phi) is 5.75. The van der Waals surface area contributed by atoms with Crippen LogP contribution in [-0.4, -0.2) is 53.7 Å². The number of halogens is 1. The van der Waals surface area contributed by atoms with Gasteiger partial charge in [0.15, 0.2) is 0 Å². The van der Waals surface area contributed by atoms with Crippen molar-refractivity contribution in [3.8, 4) is 0 Å². The zero-order chi connectivity index (χ0) is 12.8. The van der Waals surface area contributed by atoms with E-state index < -0.39 is 0 Å². The molecule has 2 amide bonds. The van der Waals surface area contributed by atoms with Crippen LogP contribution in [0.15, 0.2) is 0 Å². The van der Waals surface area contributed by atoms with Crippen molar-refractivity contribution in [3.63, 3.8) is 0 Å². The minimum absolute atomic E-state index is 0.00207. The van der Waals surface area contributed by atoms with E-state index in [0.717, 1.165) is 39.0 Å². The molecule has 1 heterocycles. The lowest BCUT2D eigenvalue weighted by Gasteiger charge is -2.35. The Labute approximate surface area is 108 Å². The minimum Gasteiger partial charge on any atom is -0.343 e. The summed E-state index contributed by atoms with van der Waals surface area (Å²) in [5.74, 6) is 0.548. The van der Waals surface area contributed by atoms with Gasteiger partial charge in [-0.2, -0.15) is 0 Å². The van der Waals surface area contributed by atoms with E-state index in [4.69, 9.17) is 11.6 Å². The molecule has 0 aromatic rings. The normalized spacial score (nSPS) is 20.2. The Morgan fingerprint density at radius 2 is 2.18 bits per heavy atom. The molecule has 0 radical (unpaired) electrons. The van der Waals surface area contributed by atoms with E-state index in [1.165, 1.54) is 0 Å². The highest BCUT2D eigenvalue weighted by Crippen LogP contribution is 2.18. The van der Waals surface area contributed by atoms with Gasteiger partial charge in [0, 0.05) is 33.1 Å². The van der Waals surface area contributed by atoms with E-state index in [1.807, 2.05) is 16.7 Å². The van der Waals surface area contributed by atoms with Crippen LogP contribution in [0, 0.1) is 5.92 Å². The fraction of sp³-hybridized carbons (Fsp3) is 0.833. The third-order valence-corrected chi connectivity index (χ3v) is 3.52. The molecule has 1 fully saturated rings. The minimum atomic E-state index is 0.00207. The first kappa shape index (κ1) is 14.3. The SMILES string of the molecule is CCN(C[C@@H]1CCCN(C(=O)CCl)C1)C(C)=O. The standard InChI is InChI=1S/C12H21ClN2O2/c1-3-14(10(2)16)8-11-5-4-6-15(9-11)12(17)7-13/h11H,3-9H2,1-2H3/t11-/m0/s1. The molecule has 0 aromatic heterocycles. The van der Waals surface area contributed by atoms with Gasteiger partial charge in [0.05, 0.1) is 0 Å². The molecule has 0 saturated carbocycles. The van der Waals surface area contributed by atoms with Crippen molar-refractivity contribution in [1.82, 2.24) is 9.80 Å². The number of piperidine rings is 1. The zero-order valence-corrected chi connectivity index (χ0v) is 11.4. The smallest absolute Gasteiger partial charge is 0.237 e. The van der Waals surface area contributed by atoms with Crippen molar-refractivity contribution in [3.05, 3.63) is 0 Å². The molecular formula is C12H21ClN2O2. The number of amides is 2. The van der Waals surface area contributed by atoms with Crippen molar-refractivity contribution in [2.75, 3.05) is 32.1 Å². The number of rotatable bonds is 4. The second kappa shape index (κ2) is 6.84. The van der Waals surface area contributed by atoms with Gasteiger partial charge in [-0.1, -0.05) is 0 Å². The fourth-order valence-electron chi connectivity index (χ4n) is 2.32. The second-order valence-electron chi connectivity index (χ2n) is 4.54. The molecule has 1 rings (SSSR count). The number of carbonyl (C=O) groups is 2. The van der Waals surface area contributed by atoms with Gasteiger partial charge < -0.3 is 9.80 Å². The number of hydrogen-bond donors (Lipinski definition) is 0. The van der Waals surface area contributed by atoms with E-state index in [-0.39, 0.29) is 17.7 Å². The molecule has 0 spiro atoms. The highest BCUT2D eigenvalue weighted by molar-refractivity contribution is 6.27. The first-order valence-electron chi connectivity index (χ1n) is 6.17. The van der Waals surface area contributed by atoms with E-state index in [2.05, 4.69) is 0 Å². The maximum Gasteiger partial charge on any atom is 0.237 e. The summed E-state index contributed by atoms with van der Waals surface area (Å²) in [6.45, 7) is 6.58. The van der Waals surface area contributed by atoms with Gasteiger partial charge in [-0.25, -0.2) is 0 Å². The van der Waals surface area contributed by atoms with Crippen molar-refractivity contribution in [2.24, 2.45) is 5.92 Å². The van der Waals surface area contributed by atoms with Gasteiger partial charge in [-0.15, -0.1) is 11.6 Å². The summed E-state index contributed by atoms with van der Waals surface area (Å²) in [6, 6.07) is 0. The third kappa shape index (κ3) is 4.19. The van der Waals surface area contributed by atoms with Crippen molar-refractivity contribution >= 4 is 23.4 Å². The first-order valence-corrected chi connectivity index (χ1v) is 6.71. The van der Waals surface area contributed by atoms with Gasteiger partial charge >= 0.3 is 0 Å². The van der Waals surface area contributed by atoms with Gasteiger partial charge in [-0.05, 0) is 25.7 Å². The quantitative estimate of drug-likeness (QED) is 0.716. The van der Waals surface area contributed by atoms with E-state index in [0.29, 0.717) is 5.92 Å². The fourth-order valence-corrected chi connectivity index (χ4v) is 2.49. The maximum absolute atomic E-state index is 11.5. The van der Waals surface area contributed by atoms with Crippen LogP contribution in [0.2, 0.25) is 0 Å². The first-order chi connectivity index (χ1) is 8.08. The van der Waals surface area contributed by atoms with Crippen LogP contribution >= 0.6 is 11.6 Å². The summed E-state index contributed by atoms with van der Waals surface area (Å²) in [4.78, 5) is 26.5. The molecule has 1 aliphatic heterocycles. The lowest BCUT2D eigenvalue weighted by Crippen LogP contribution is -2.45. The largest absolute Gasteiger partial charge is 0.343 e. The molecule has 0 unspecified atom stereocenters. The molecule has 1 atom stereocenters. The zero-order valence-electron chi connectivity index (χ0n) is 10.6. The summed E-state index contributed by atoms with van der Waals surface area (Å²) in [6.07, 6.45) is 2.08. The maximum atomic E-state index is 11.5. The number of alkyl halides is 1. The second-order valence-corrected chi connectivity index (χ2v) is 4.81. The Bertz CT molecular complexity index is 284. The van der Waals surface area contributed by atoms with Gasteiger partial charge in [0.25, 0.3) is 0 Å². The van der Waals surface area contributed by atoms with E-state index >= 15 is 0 Å². The molecule has 98 valence electrons. The van der Waals surface area contributed by atoms with E-state index in [9.17, 15) is 9.59 Å². The van der Waals surface area contributed by atoms with E-state index in [1.54, 1.807) is 6.92 Å². The van der Waals surface area contributed by atoms with Crippen molar-refractivity contribution in [1.29, 1.82) is 0 Å². The van der Waals surface area contributed by atoms with Crippen LogP contribution in [0.25, 0.3) is 0 Å². The van der Waals surface area contributed by atoms with Gasteiger partial charge in [0.2, 0.25) is 11.8 Å². The van der Waals surface area contributed by atoms with Crippen LogP contribution in [0.3, 0.4) is 0 Å². The molecule has 0 aromatic carbocycles. The Morgan fingerprint density at radius 3 is 2.71 bits per heavy atom. The summed E-state index contributed by atoms with van der Waals surface area (Å²) in [7, 11) is 0. The van der Waals surface area contributed by atoms with Crippen LogP contribution in [0.5, 0.6) is 0 Å². The number of nitrogens with zero attached hydrogens (tertiary/aromatic N) is 2. The predicted molar refractivity (Wildman–Crippen MR) is 68.0 cm³/mol. The molecule has 0 aliphatic carbocycles. The van der Waals surface area contributed by atoms with Crippen LogP contribution in [0.1, 0.15) is 26.7 Å². The Balaban J connectivity index is 2.49. The highest BCUT2D eigenvalue weighted by Gasteiger charge is 2.24. The molecular weight excluding hydrogens is 240 g/mol. The van der Waals surface area contributed by atoms with Gasteiger partial charge in [-0.3, -0.25) is 9.59 Å². The average Bonchev–Trinajstić information content (AvgIpc) is 2.34. The van der Waals surface area contributed by atoms with Crippen LogP contribution < -0.4 is 0 Å². The molecule has 4 nitrogen and oxygen atoms in total.